The maximum absolute atomic E-state index is 13.6. The summed E-state index contributed by atoms with van der Waals surface area (Å²) in [6, 6.07) is 24.8. The SMILES string of the molecule is CC(C)(C)OC(=O)NCC(C(=O)Nc1ccc2cnccc2c1)c1ccc(COC(=O)CCCCCC[C@@H]2[C@@H](CC[C@@H](O)c3cc4ccccc4s3)[C@H](O)C[C@H]2O)cc1. The number of nitrogens with one attached hydrogen (secondary N) is 2. The molecular weight excluding hydrogens is 767 g/mol. The minimum absolute atomic E-state index is 0.00831. The molecule has 1 aliphatic carbocycles. The summed E-state index contributed by atoms with van der Waals surface area (Å²) in [6.07, 6.45) is 7.09. The topological polar surface area (TPSA) is 167 Å². The molecular formula is C47H57N3O8S. The second-order valence-corrected chi connectivity index (χ2v) is 17.8. The second kappa shape index (κ2) is 20.4. The van der Waals surface area contributed by atoms with E-state index in [1.165, 1.54) is 0 Å². The van der Waals surface area contributed by atoms with Crippen LogP contribution in [0.25, 0.3) is 20.9 Å². The van der Waals surface area contributed by atoms with E-state index in [2.05, 4.69) is 21.7 Å². The van der Waals surface area contributed by atoms with E-state index in [4.69, 9.17) is 9.47 Å². The van der Waals surface area contributed by atoms with Gasteiger partial charge in [0.1, 0.15) is 12.2 Å². The van der Waals surface area contributed by atoms with Crippen molar-refractivity contribution in [3.63, 3.8) is 0 Å². The zero-order valence-corrected chi connectivity index (χ0v) is 35.0. The number of nitrogens with zero attached hydrogens (tertiary/aromatic N) is 1. The smallest absolute Gasteiger partial charge is 0.407 e. The highest BCUT2D eigenvalue weighted by atomic mass is 32.1. The van der Waals surface area contributed by atoms with Crippen molar-refractivity contribution in [3.8, 4) is 0 Å². The van der Waals surface area contributed by atoms with Crippen LogP contribution in [0.4, 0.5) is 10.5 Å². The molecule has 0 bridgehead atoms. The summed E-state index contributed by atoms with van der Waals surface area (Å²) in [4.78, 5) is 43.8. The van der Waals surface area contributed by atoms with Crippen LogP contribution in [0, 0.1) is 11.8 Å². The van der Waals surface area contributed by atoms with Gasteiger partial charge in [0.15, 0.2) is 0 Å². The number of pyridine rings is 1. The highest BCUT2D eigenvalue weighted by Crippen LogP contribution is 2.41. The largest absolute Gasteiger partial charge is 0.461 e. The summed E-state index contributed by atoms with van der Waals surface area (Å²) in [7, 11) is 0. The number of hydrogen-bond donors (Lipinski definition) is 5. The summed E-state index contributed by atoms with van der Waals surface area (Å²) in [5.74, 6) is -1.38. The fraction of sp³-hybridized carbons (Fsp3) is 0.447. The van der Waals surface area contributed by atoms with Gasteiger partial charge in [-0.1, -0.05) is 67.8 Å². The molecule has 314 valence electrons. The van der Waals surface area contributed by atoms with Crippen LogP contribution in [0.15, 0.2) is 91.3 Å². The molecule has 11 nitrogen and oxygen atoms in total. The van der Waals surface area contributed by atoms with Crippen molar-refractivity contribution >= 4 is 55.9 Å². The van der Waals surface area contributed by atoms with E-state index in [9.17, 15) is 29.7 Å². The Labute approximate surface area is 350 Å². The maximum Gasteiger partial charge on any atom is 0.407 e. The van der Waals surface area contributed by atoms with E-state index in [1.807, 2.05) is 60.7 Å². The van der Waals surface area contributed by atoms with Gasteiger partial charge in [-0.25, -0.2) is 4.79 Å². The molecule has 6 atom stereocenters. The quantitative estimate of drug-likeness (QED) is 0.0428. The lowest BCUT2D eigenvalue weighted by atomic mass is 9.84. The van der Waals surface area contributed by atoms with Crippen molar-refractivity contribution in [2.24, 2.45) is 11.8 Å². The molecule has 1 fully saturated rings. The third kappa shape index (κ3) is 12.6. The number of hydrogen-bond acceptors (Lipinski definition) is 10. The van der Waals surface area contributed by atoms with Gasteiger partial charge in [-0.2, -0.15) is 0 Å². The first-order valence-corrected chi connectivity index (χ1v) is 21.5. The molecule has 12 heteroatoms. The van der Waals surface area contributed by atoms with Crippen molar-refractivity contribution in [1.82, 2.24) is 10.3 Å². The van der Waals surface area contributed by atoms with Crippen LogP contribution in [0.5, 0.6) is 0 Å². The molecule has 1 aliphatic rings. The van der Waals surface area contributed by atoms with E-state index < -0.39 is 35.9 Å². The Hall–Kier alpha value is -4.88. The van der Waals surface area contributed by atoms with Crippen molar-refractivity contribution in [2.75, 3.05) is 11.9 Å². The number of unbranched alkanes of at least 4 members (excludes halogenated alkanes) is 3. The maximum atomic E-state index is 13.6. The number of aliphatic hydroxyl groups excluding tert-OH is 3. The number of ether oxygens (including phenoxy) is 2. The lowest BCUT2D eigenvalue weighted by Crippen LogP contribution is -2.37. The monoisotopic (exact) mass is 823 g/mol. The Kier molecular flexibility index (Phi) is 15.1. The van der Waals surface area contributed by atoms with Gasteiger partial charge < -0.3 is 35.4 Å². The summed E-state index contributed by atoms with van der Waals surface area (Å²) in [5, 5.41) is 41.1. The van der Waals surface area contributed by atoms with Gasteiger partial charge in [0.25, 0.3) is 0 Å². The summed E-state index contributed by atoms with van der Waals surface area (Å²) >= 11 is 1.60. The molecule has 0 aliphatic heterocycles. The highest BCUT2D eigenvalue weighted by Gasteiger charge is 2.41. The number of amides is 2. The number of esters is 1. The second-order valence-electron chi connectivity index (χ2n) is 16.7. The molecule has 5 N–H and O–H groups in total. The van der Waals surface area contributed by atoms with Gasteiger partial charge in [-0.05, 0) is 117 Å². The molecule has 5 aromatic rings. The normalized spacial score (nSPS) is 19.0. The number of carbonyl (C=O) groups is 3. The first-order valence-electron chi connectivity index (χ1n) is 20.7. The summed E-state index contributed by atoms with van der Waals surface area (Å²) in [5.41, 5.74) is 1.37. The van der Waals surface area contributed by atoms with Crippen LogP contribution in [-0.2, 0) is 25.7 Å². The molecule has 2 aromatic heterocycles. The number of alkyl carbamates (subject to hydrolysis) is 1. The third-order valence-electron chi connectivity index (χ3n) is 11.1. The van der Waals surface area contributed by atoms with Gasteiger partial charge in [0, 0.05) is 46.0 Å². The molecule has 2 heterocycles. The molecule has 2 amide bonds. The van der Waals surface area contributed by atoms with Crippen LogP contribution in [0.2, 0.25) is 0 Å². The number of thiophene rings is 1. The Morgan fingerprint density at radius 3 is 2.37 bits per heavy atom. The highest BCUT2D eigenvalue weighted by molar-refractivity contribution is 7.19. The Morgan fingerprint density at radius 2 is 1.61 bits per heavy atom. The van der Waals surface area contributed by atoms with Gasteiger partial charge in [0.2, 0.25) is 5.91 Å². The van der Waals surface area contributed by atoms with Gasteiger partial charge >= 0.3 is 12.1 Å². The third-order valence-corrected chi connectivity index (χ3v) is 12.3. The molecule has 59 heavy (non-hydrogen) atoms. The average Bonchev–Trinajstić information content (AvgIpc) is 3.76. The lowest BCUT2D eigenvalue weighted by Gasteiger charge is -2.24. The minimum Gasteiger partial charge on any atom is -0.461 e. The molecule has 6 rings (SSSR count). The zero-order chi connectivity index (χ0) is 41.9. The van der Waals surface area contributed by atoms with Crippen molar-refractivity contribution in [2.45, 2.75) is 115 Å². The van der Waals surface area contributed by atoms with E-state index in [0.29, 0.717) is 43.4 Å². The van der Waals surface area contributed by atoms with Crippen LogP contribution < -0.4 is 10.6 Å². The van der Waals surface area contributed by atoms with Crippen LogP contribution in [0.1, 0.15) is 107 Å². The molecule has 3 aromatic carbocycles. The molecule has 0 spiro atoms. The van der Waals surface area contributed by atoms with Gasteiger partial charge in [-0.15, -0.1) is 11.3 Å². The summed E-state index contributed by atoms with van der Waals surface area (Å²) < 4.78 is 12.1. The number of fused-ring (bicyclic) bond motifs is 2. The predicted molar refractivity (Wildman–Crippen MR) is 231 cm³/mol. The van der Waals surface area contributed by atoms with E-state index >= 15 is 0 Å². The molecule has 0 saturated heterocycles. The van der Waals surface area contributed by atoms with E-state index in [1.54, 1.807) is 56.6 Å². The van der Waals surface area contributed by atoms with Crippen LogP contribution in [0.3, 0.4) is 0 Å². The standard InChI is InChI=1S/C47H57N3O8S/c1-47(2,3)58-46(56)49-28-38(45(55)50-35-19-18-34-27-48-23-22-32(34)24-35)31-16-14-30(15-17-31)29-57-44(54)13-7-5-4-6-11-36-37(41(53)26-40(36)52)20-21-39(51)43-25-33-10-8-9-12-42(33)59-43/h8-10,12,14-19,22-25,27,36-41,51-53H,4-7,11,13,20-21,26,28-29H2,1-3H3,(H,49,56)(H,50,55)/t36-,37-,38?,39-,40-,41-/m1/s1. The zero-order valence-electron chi connectivity index (χ0n) is 34.1. The van der Waals surface area contributed by atoms with E-state index in [0.717, 1.165) is 57.0 Å². The van der Waals surface area contributed by atoms with Gasteiger partial charge in [0.05, 0.1) is 24.2 Å². The number of aromatic nitrogens is 1. The fourth-order valence-electron chi connectivity index (χ4n) is 7.98. The number of anilines is 1. The number of carbonyl (C=O) groups excluding carboxylic acids is 3. The molecule has 1 unspecified atom stereocenters. The number of rotatable bonds is 18. The van der Waals surface area contributed by atoms with Crippen molar-refractivity contribution < 1.29 is 39.2 Å². The first-order chi connectivity index (χ1) is 28.3. The number of aliphatic hydroxyl groups is 3. The Morgan fingerprint density at radius 1 is 0.864 bits per heavy atom. The Bertz CT molecular complexity index is 2130. The lowest BCUT2D eigenvalue weighted by molar-refractivity contribution is -0.145. The first kappa shape index (κ1) is 43.7. The van der Waals surface area contributed by atoms with Crippen molar-refractivity contribution in [3.05, 3.63) is 107 Å². The van der Waals surface area contributed by atoms with Crippen LogP contribution in [-0.4, -0.2) is 62.6 Å². The summed E-state index contributed by atoms with van der Waals surface area (Å²) in [6.45, 7) is 5.42. The van der Waals surface area contributed by atoms with Gasteiger partial charge in [-0.3, -0.25) is 14.6 Å². The fourth-order valence-corrected chi connectivity index (χ4v) is 9.06. The Balaban J connectivity index is 0.924. The van der Waals surface area contributed by atoms with E-state index in [-0.39, 0.29) is 36.9 Å². The molecule has 0 radical (unpaired) electrons. The van der Waals surface area contributed by atoms with Crippen molar-refractivity contribution in [1.29, 1.82) is 0 Å². The average molecular weight is 824 g/mol. The van der Waals surface area contributed by atoms with Crippen LogP contribution >= 0.6 is 11.3 Å². The predicted octanol–water partition coefficient (Wildman–Crippen LogP) is 8.95. The number of benzene rings is 3. The molecule has 1 saturated carbocycles. The minimum atomic E-state index is -0.731.